The summed E-state index contributed by atoms with van der Waals surface area (Å²) >= 11 is 0. The minimum absolute atomic E-state index is 0.0602. The van der Waals surface area contributed by atoms with Crippen LogP contribution in [-0.2, 0) is 36.9 Å². The van der Waals surface area contributed by atoms with E-state index in [1.165, 1.54) is 25.5 Å². The Morgan fingerprint density at radius 2 is 1.74 bits per heavy atom. The van der Waals surface area contributed by atoms with Crippen molar-refractivity contribution in [3.63, 3.8) is 0 Å². The summed E-state index contributed by atoms with van der Waals surface area (Å²) in [6.07, 6.45) is -5.40. The Balaban J connectivity index is 1.51. The zero-order valence-corrected chi connectivity index (χ0v) is 29.1. The average Bonchev–Trinajstić information content (AvgIpc) is 3.64. The lowest BCUT2D eigenvalue weighted by Crippen LogP contribution is -2.35. The van der Waals surface area contributed by atoms with Gasteiger partial charge in [-0.15, -0.1) is 0 Å². The van der Waals surface area contributed by atoms with Gasteiger partial charge in [-0.25, -0.2) is 13.8 Å². The van der Waals surface area contributed by atoms with Crippen molar-refractivity contribution in [3.05, 3.63) is 94.1 Å². The van der Waals surface area contributed by atoms with Crippen molar-refractivity contribution in [3.8, 4) is 23.0 Å². The van der Waals surface area contributed by atoms with Gasteiger partial charge in [-0.1, -0.05) is 31.9 Å². The molecule has 9 nitrogen and oxygen atoms in total. The van der Waals surface area contributed by atoms with Crippen LogP contribution in [0, 0.1) is 29.4 Å². The second kappa shape index (κ2) is 13.2. The highest BCUT2D eigenvalue weighted by atomic mass is 19.4. The van der Waals surface area contributed by atoms with Crippen LogP contribution in [0.25, 0.3) is 22.0 Å². The first-order chi connectivity index (χ1) is 24.7. The molecule has 6 rings (SSSR count). The van der Waals surface area contributed by atoms with Gasteiger partial charge < -0.3 is 16.2 Å². The molecule has 53 heavy (non-hydrogen) atoms. The number of anilines is 1. The smallest absolute Gasteiger partial charge is 0.382 e. The van der Waals surface area contributed by atoms with Gasteiger partial charge in [0.25, 0.3) is 5.92 Å². The van der Waals surface area contributed by atoms with Crippen molar-refractivity contribution >= 4 is 22.6 Å². The van der Waals surface area contributed by atoms with E-state index in [0.717, 1.165) is 19.1 Å². The molecule has 0 saturated heterocycles. The van der Waals surface area contributed by atoms with Gasteiger partial charge in [-0.3, -0.25) is 14.2 Å². The quantitative estimate of drug-likeness (QED) is 0.125. The zero-order chi connectivity index (χ0) is 38.8. The number of hydrogen-bond acceptors (Lipinski definition) is 6. The Morgan fingerprint density at radius 3 is 2.38 bits per heavy atom. The van der Waals surface area contributed by atoms with Crippen LogP contribution in [-0.4, -0.2) is 41.2 Å². The number of nitrogen functional groups attached to an aromatic ring is 1. The van der Waals surface area contributed by atoms with Crippen LogP contribution in [0.1, 0.15) is 73.6 Å². The van der Waals surface area contributed by atoms with E-state index >= 15 is 8.78 Å². The predicted molar refractivity (Wildman–Crippen MR) is 181 cm³/mol. The maximum Gasteiger partial charge on any atom is 0.435 e. The number of nitrogens with zero attached hydrogens (tertiary/aromatic N) is 5. The number of halogens is 7. The van der Waals surface area contributed by atoms with Gasteiger partial charge in [0.1, 0.15) is 35.2 Å². The van der Waals surface area contributed by atoms with Gasteiger partial charge in [0.2, 0.25) is 5.91 Å². The number of aliphatic hydroxyl groups is 1. The number of alkyl halides is 5. The van der Waals surface area contributed by atoms with Crippen LogP contribution in [0.5, 0.6) is 0 Å². The first-order valence-electron chi connectivity index (χ1n) is 16.4. The highest BCUT2D eigenvalue weighted by Crippen LogP contribution is 2.55. The molecule has 0 radical (unpaired) electrons. The number of nitrogens with one attached hydrogen (secondary N) is 1. The van der Waals surface area contributed by atoms with Crippen molar-refractivity contribution in [1.29, 1.82) is 0 Å². The lowest BCUT2D eigenvalue weighted by atomic mass is 9.93. The summed E-state index contributed by atoms with van der Waals surface area (Å²) < 4.78 is 104. The molecule has 0 bridgehead atoms. The number of nitrogens with two attached hydrogens (primary N) is 1. The van der Waals surface area contributed by atoms with E-state index in [9.17, 15) is 31.9 Å². The predicted octanol–water partition coefficient (Wildman–Crippen LogP) is 6.78. The summed E-state index contributed by atoms with van der Waals surface area (Å²) in [6.45, 7) is 4.22. The van der Waals surface area contributed by atoms with Gasteiger partial charge in [-0.2, -0.15) is 32.1 Å². The van der Waals surface area contributed by atoms with Crippen LogP contribution in [0.4, 0.5) is 36.6 Å². The molecular weight excluding hydrogens is 707 g/mol. The molecule has 3 aromatic heterocycles. The highest BCUT2D eigenvalue weighted by molar-refractivity contribution is 6.00. The number of fused-ring (bicyclic) bond motifs is 2. The maximum atomic E-state index is 15.5. The Labute approximate surface area is 299 Å². The highest BCUT2D eigenvalue weighted by Gasteiger charge is 2.57. The minimum atomic E-state index is -5.08. The fourth-order valence-electron chi connectivity index (χ4n) is 6.76. The number of para-hydroxylation sites is 1. The van der Waals surface area contributed by atoms with Gasteiger partial charge in [0.05, 0.1) is 17.3 Å². The number of benzene rings is 2. The lowest BCUT2D eigenvalue weighted by Gasteiger charge is -2.23. The number of carbonyl (C=O) groups excluding carboxylic acids is 1. The van der Waals surface area contributed by atoms with E-state index in [2.05, 4.69) is 27.4 Å². The third-order valence-corrected chi connectivity index (χ3v) is 9.28. The molecule has 3 heterocycles. The van der Waals surface area contributed by atoms with Crippen molar-refractivity contribution in [2.75, 3.05) is 5.73 Å². The van der Waals surface area contributed by atoms with E-state index in [-0.39, 0.29) is 29.2 Å². The summed E-state index contributed by atoms with van der Waals surface area (Å²) in [7, 11) is 1.66. The number of carbonyl (C=O) groups is 1. The van der Waals surface area contributed by atoms with Crippen molar-refractivity contribution in [2.24, 2.45) is 13.0 Å². The maximum absolute atomic E-state index is 15.5. The molecule has 1 amide bonds. The molecule has 3 atom stereocenters. The molecule has 2 aromatic carbocycles. The Hall–Kier alpha value is -5.43. The van der Waals surface area contributed by atoms with E-state index in [4.69, 9.17) is 10.7 Å². The largest absolute Gasteiger partial charge is 0.435 e. The topological polar surface area (TPSA) is 124 Å². The number of rotatable bonds is 7. The monoisotopic (exact) mass is 741 g/mol. The molecule has 0 spiro atoms. The normalized spacial score (nSPS) is 17.4. The van der Waals surface area contributed by atoms with E-state index < -0.39 is 76.6 Å². The van der Waals surface area contributed by atoms with Gasteiger partial charge in [0, 0.05) is 41.1 Å². The van der Waals surface area contributed by atoms with Gasteiger partial charge >= 0.3 is 6.18 Å². The fraction of sp³-hybridized carbons (Fsp3) is 0.351. The van der Waals surface area contributed by atoms with E-state index in [1.807, 2.05) is 0 Å². The number of amides is 1. The molecule has 16 heteroatoms. The van der Waals surface area contributed by atoms with Gasteiger partial charge in [0.15, 0.2) is 11.5 Å². The van der Waals surface area contributed by atoms with Crippen LogP contribution in [0.3, 0.4) is 0 Å². The average molecular weight is 742 g/mol. The molecule has 0 saturated carbocycles. The molecule has 5 aromatic rings. The van der Waals surface area contributed by atoms with Crippen LogP contribution in [0.15, 0.2) is 48.5 Å². The van der Waals surface area contributed by atoms with Crippen molar-refractivity contribution in [1.82, 2.24) is 29.9 Å². The standard InChI is InChI=1S/C37H34F7N7O2/c1-18-19(2)36(40,41)33-29(18)32(37(42,43)44)48-51(33)17-28(52)47-27(15-20-13-21(38)16-22(39)14-20)30-24(10-9-23(46-30)11-12-35(3,4)53)25-7-6-8-26-31(25)50(5)49-34(26)45/h6-10,13-14,16,18-19,27,53H,15,17H2,1-5H3,(H2,45,49)(H,47,52)/t18-,19+,27-/m0/s1. The third-order valence-electron chi connectivity index (χ3n) is 9.28. The van der Waals surface area contributed by atoms with E-state index in [0.29, 0.717) is 32.8 Å². The lowest BCUT2D eigenvalue weighted by molar-refractivity contribution is -0.143. The zero-order valence-electron chi connectivity index (χ0n) is 29.1. The third kappa shape index (κ3) is 7.17. The summed E-state index contributed by atoms with van der Waals surface area (Å²) in [5.74, 6) is -3.72. The molecule has 0 unspecified atom stereocenters. The molecule has 1 aliphatic rings. The molecule has 0 fully saturated rings. The molecule has 1 aliphatic carbocycles. The Bertz CT molecular complexity index is 2290. The SMILES string of the molecule is C[C@@H]1c2c(C(F)(F)F)nn(CC(=O)N[C@@H](Cc3cc(F)cc(F)c3)c3nc(C#CC(C)(C)O)ccc3-c3cccc4c(N)nn(C)c34)c2C(F)(F)[C@@H]1C. The van der Waals surface area contributed by atoms with E-state index in [1.54, 1.807) is 37.4 Å². The number of aryl methyl sites for hydroxylation is 1. The van der Waals surface area contributed by atoms with Gasteiger partial charge in [-0.05, 0) is 68.0 Å². The first kappa shape index (κ1) is 37.3. The number of pyridine rings is 1. The van der Waals surface area contributed by atoms with Crippen molar-refractivity contribution in [2.45, 2.75) is 70.3 Å². The second-order valence-electron chi connectivity index (χ2n) is 13.7. The molecule has 0 aliphatic heterocycles. The second-order valence-corrected chi connectivity index (χ2v) is 13.7. The molecule has 278 valence electrons. The van der Waals surface area contributed by atoms with Crippen LogP contribution < -0.4 is 11.1 Å². The van der Waals surface area contributed by atoms with Crippen LogP contribution in [0.2, 0.25) is 0 Å². The number of hydrogen-bond donors (Lipinski definition) is 3. The fourth-order valence-corrected chi connectivity index (χ4v) is 6.76. The number of aromatic nitrogens is 5. The molecular formula is C37H34F7N7O2. The van der Waals surface area contributed by atoms with Crippen molar-refractivity contribution < 1.29 is 40.6 Å². The first-order valence-corrected chi connectivity index (χ1v) is 16.4. The molecule has 4 N–H and O–H groups in total. The summed E-state index contributed by atoms with van der Waals surface area (Å²) in [4.78, 5) is 18.5. The summed E-state index contributed by atoms with van der Waals surface area (Å²) in [5, 5.41) is 21.2. The summed E-state index contributed by atoms with van der Waals surface area (Å²) in [6, 6.07) is 9.77. The van der Waals surface area contributed by atoms with Crippen LogP contribution >= 0.6 is 0 Å². The Kier molecular flexibility index (Phi) is 9.30. The minimum Gasteiger partial charge on any atom is -0.382 e. The summed E-state index contributed by atoms with van der Waals surface area (Å²) in [5.41, 5.74) is 3.25. The Morgan fingerprint density at radius 1 is 1.06 bits per heavy atom.